The van der Waals surface area contributed by atoms with Crippen LogP contribution in [0.3, 0.4) is 0 Å². The predicted molar refractivity (Wildman–Crippen MR) is 102 cm³/mol. The Morgan fingerprint density at radius 3 is 2.71 bits per heavy atom. The number of nitrogens with zero attached hydrogens (tertiary/aromatic N) is 3. The number of halogens is 1. The van der Waals surface area contributed by atoms with E-state index in [2.05, 4.69) is 17.1 Å². The highest BCUT2D eigenvalue weighted by molar-refractivity contribution is 5.76. The van der Waals surface area contributed by atoms with Crippen molar-refractivity contribution in [3.63, 3.8) is 0 Å². The van der Waals surface area contributed by atoms with E-state index in [1.54, 1.807) is 30.5 Å². The van der Waals surface area contributed by atoms with Gasteiger partial charge in [0.15, 0.2) is 5.76 Å². The zero-order valence-electron chi connectivity index (χ0n) is 15.9. The van der Waals surface area contributed by atoms with Crippen molar-refractivity contribution >= 4 is 5.91 Å². The number of unbranched alkanes of at least 4 members (excludes halogenated alkanes) is 2. The summed E-state index contributed by atoms with van der Waals surface area (Å²) in [4.78, 5) is 18.8. The minimum atomic E-state index is -0.281. The second-order valence-electron chi connectivity index (χ2n) is 6.64. The summed E-state index contributed by atoms with van der Waals surface area (Å²) in [7, 11) is 0. The number of aromatic nitrogens is 2. The summed E-state index contributed by atoms with van der Waals surface area (Å²) in [6, 6.07) is 9.75. The zero-order chi connectivity index (χ0) is 19.8. The van der Waals surface area contributed by atoms with Crippen molar-refractivity contribution in [1.82, 2.24) is 15.0 Å². The van der Waals surface area contributed by atoms with Crippen LogP contribution >= 0.6 is 0 Å². The third-order valence-corrected chi connectivity index (χ3v) is 4.43. The molecular weight excluding hydrogens is 361 g/mol. The van der Waals surface area contributed by atoms with Gasteiger partial charge in [-0.1, -0.05) is 37.1 Å². The van der Waals surface area contributed by atoms with Gasteiger partial charge in [0.05, 0.1) is 6.26 Å². The van der Waals surface area contributed by atoms with E-state index in [0.717, 1.165) is 24.8 Å². The quantitative estimate of drug-likeness (QED) is 0.476. The summed E-state index contributed by atoms with van der Waals surface area (Å²) >= 11 is 0. The standard InChI is InChI=1S/C21H24FN3O3/c1-2-3-4-13-25(15-16-7-9-17(22)10-8-16)20(26)12-11-19-23-21(24-28-19)18-6-5-14-27-18/h5-10,14H,2-4,11-13,15H2,1H3. The topological polar surface area (TPSA) is 72.4 Å². The maximum absolute atomic E-state index is 13.1. The molecule has 0 spiro atoms. The number of aryl methyl sites for hydroxylation is 1. The van der Waals surface area contributed by atoms with Crippen molar-refractivity contribution < 1.29 is 18.1 Å². The van der Waals surface area contributed by atoms with Crippen LogP contribution < -0.4 is 0 Å². The Morgan fingerprint density at radius 2 is 2.00 bits per heavy atom. The van der Waals surface area contributed by atoms with Gasteiger partial charge < -0.3 is 13.8 Å². The number of carbonyl (C=O) groups excluding carboxylic acids is 1. The van der Waals surface area contributed by atoms with Gasteiger partial charge in [-0.2, -0.15) is 4.98 Å². The smallest absolute Gasteiger partial charge is 0.238 e. The Hall–Kier alpha value is -2.96. The monoisotopic (exact) mass is 385 g/mol. The lowest BCUT2D eigenvalue weighted by Gasteiger charge is -2.23. The highest BCUT2D eigenvalue weighted by Crippen LogP contribution is 2.17. The molecule has 0 aliphatic heterocycles. The van der Waals surface area contributed by atoms with Gasteiger partial charge in [-0.25, -0.2) is 4.39 Å². The SMILES string of the molecule is CCCCCN(Cc1ccc(F)cc1)C(=O)CCc1nc(-c2ccco2)no1. The largest absolute Gasteiger partial charge is 0.461 e. The second-order valence-corrected chi connectivity index (χ2v) is 6.64. The van der Waals surface area contributed by atoms with Crippen molar-refractivity contribution in [3.05, 3.63) is 59.9 Å². The number of hydrogen-bond acceptors (Lipinski definition) is 5. The predicted octanol–water partition coefficient (Wildman–Crippen LogP) is 4.62. The molecule has 0 bridgehead atoms. The Bertz CT molecular complexity index is 859. The third-order valence-electron chi connectivity index (χ3n) is 4.43. The van der Waals surface area contributed by atoms with Gasteiger partial charge in [-0.15, -0.1) is 0 Å². The molecule has 0 N–H and O–H groups in total. The van der Waals surface area contributed by atoms with Crippen LogP contribution in [0.15, 0.2) is 51.6 Å². The van der Waals surface area contributed by atoms with Crippen LogP contribution in [-0.2, 0) is 17.8 Å². The molecule has 2 heterocycles. The van der Waals surface area contributed by atoms with Gasteiger partial charge in [0.25, 0.3) is 0 Å². The molecule has 3 aromatic rings. The van der Waals surface area contributed by atoms with Crippen LogP contribution in [0.1, 0.15) is 44.1 Å². The van der Waals surface area contributed by atoms with Gasteiger partial charge in [-0.05, 0) is 36.2 Å². The van der Waals surface area contributed by atoms with Crippen molar-refractivity contribution in [2.24, 2.45) is 0 Å². The van der Waals surface area contributed by atoms with Crippen LogP contribution in [-0.4, -0.2) is 27.5 Å². The Balaban J connectivity index is 1.59. The van der Waals surface area contributed by atoms with Crippen molar-refractivity contribution in [1.29, 1.82) is 0 Å². The zero-order valence-corrected chi connectivity index (χ0v) is 15.9. The first-order valence-electron chi connectivity index (χ1n) is 9.54. The van der Waals surface area contributed by atoms with E-state index < -0.39 is 0 Å². The fraction of sp³-hybridized carbons (Fsp3) is 0.381. The molecular formula is C21H24FN3O3. The number of carbonyl (C=O) groups is 1. The van der Waals surface area contributed by atoms with Crippen LogP contribution in [0, 0.1) is 5.82 Å². The summed E-state index contributed by atoms with van der Waals surface area (Å²) in [5, 5.41) is 3.88. The molecule has 0 saturated heterocycles. The number of rotatable bonds is 10. The first kappa shape index (κ1) is 19.8. The van der Waals surface area contributed by atoms with Crippen molar-refractivity contribution in [2.75, 3.05) is 6.54 Å². The molecule has 0 fully saturated rings. The number of amides is 1. The molecule has 28 heavy (non-hydrogen) atoms. The molecule has 0 radical (unpaired) electrons. The summed E-state index contributed by atoms with van der Waals surface area (Å²) in [6.45, 7) is 3.26. The van der Waals surface area contributed by atoms with Gasteiger partial charge in [0, 0.05) is 25.9 Å². The molecule has 6 nitrogen and oxygen atoms in total. The first-order chi connectivity index (χ1) is 13.7. The number of benzene rings is 1. The molecule has 1 amide bonds. The summed E-state index contributed by atoms with van der Waals surface area (Å²) < 4.78 is 23.6. The van der Waals surface area contributed by atoms with Crippen LogP contribution in [0.4, 0.5) is 4.39 Å². The van der Waals surface area contributed by atoms with E-state index in [1.165, 1.54) is 12.1 Å². The average molecular weight is 385 g/mol. The normalized spacial score (nSPS) is 10.9. The molecule has 0 aliphatic carbocycles. The lowest BCUT2D eigenvalue weighted by atomic mass is 10.1. The molecule has 0 saturated carbocycles. The molecule has 3 rings (SSSR count). The van der Waals surface area contributed by atoms with Gasteiger partial charge in [0.2, 0.25) is 17.6 Å². The van der Waals surface area contributed by atoms with Gasteiger partial charge in [0.1, 0.15) is 5.82 Å². The molecule has 2 aromatic heterocycles. The van der Waals surface area contributed by atoms with Crippen LogP contribution in [0.25, 0.3) is 11.6 Å². The highest BCUT2D eigenvalue weighted by atomic mass is 19.1. The number of furan rings is 1. The molecule has 0 atom stereocenters. The Labute approximate surface area is 163 Å². The van der Waals surface area contributed by atoms with Crippen molar-refractivity contribution in [2.45, 2.75) is 45.6 Å². The van der Waals surface area contributed by atoms with E-state index in [4.69, 9.17) is 8.94 Å². The summed E-state index contributed by atoms with van der Waals surface area (Å²) in [5.41, 5.74) is 0.907. The van der Waals surface area contributed by atoms with Gasteiger partial charge >= 0.3 is 0 Å². The van der Waals surface area contributed by atoms with E-state index in [0.29, 0.717) is 37.0 Å². The molecule has 7 heteroatoms. The van der Waals surface area contributed by atoms with E-state index >= 15 is 0 Å². The van der Waals surface area contributed by atoms with Crippen LogP contribution in [0.5, 0.6) is 0 Å². The minimum Gasteiger partial charge on any atom is -0.461 e. The maximum Gasteiger partial charge on any atom is 0.238 e. The highest BCUT2D eigenvalue weighted by Gasteiger charge is 2.17. The lowest BCUT2D eigenvalue weighted by Crippen LogP contribution is -2.31. The van der Waals surface area contributed by atoms with Crippen LogP contribution in [0.2, 0.25) is 0 Å². The van der Waals surface area contributed by atoms with Crippen molar-refractivity contribution in [3.8, 4) is 11.6 Å². The Kier molecular flexibility index (Phi) is 6.94. The average Bonchev–Trinajstić information content (AvgIpc) is 3.38. The number of hydrogen-bond donors (Lipinski definition) is 0. The molecule has 148 valence electrons. The maximum atomic E-state index is 13.1. The fourth-order valence-corrected chi connectivity index (χ4v) is 2.89. The molecule has 0 aliphatic rings. The lowest BCUT2D eigenvalue weighted by molar-refractivity contribution is -0.132. The second kappa shape index (κ2) is 9.82. The third kappa shape index (κ3) is 5.52. The molecule has 0 unspecified atom stereocenters. The van der Waals surface area contributed by atoms with E-state index in [-0.39, 0.29) is 18.1 Å². The molecule has 1 aromatic carbocycles. The summed E-state index contributed by atoms with van der Waals surface area (Å²) in [6.07, 6.45) is 5.25. The van der Waals surface area contributed by atoms with E-state index in [1.807, 2.05) is 4.90 Å². The van der Waals surface area contributed by atoms with E-state index in [9.17, 15) is 9.18 Å². The first-order valence-corrected chi connectivity index (χ1v) is 9.54. The summed E-state index contributed by atoms with van der Waals surface area (Å²) in [5.74, 6) is 1.03. The minimum absolute atomic E-state index is 0.0122. The van der Waals surface area contributed by atoms with Gasteiger partial charge in [-0.3, -0.25) is 4.79 Å². The fourth-order valence-electron chi connectivity index (χ4n) is 2.89. The Morgan fingerprint density at radius 1 is 1.18 bits per heavy atom.